The third-order valence-corrected chi connectivity index (χ3v) is 7.28. The quantitative estimate of drug-likeness (QED) is 0.667. The minimum Gasteiger partial charge on any atom is -0.342 e. The van der Waals surface area contributed by atoms with Crippen molar-refractivity contribution in [1.29, 1.82) is 0 Å². The summed E-state index contributed by atoms with van der Waals surface area (Å²) in [5.41, 5.74) is 5.44. The van der Waals surface area contributed by atoms with Gasteiger partial charge in [-0.2, -0.15) is 5.10 Å². The first kappa shape index (κ1) is 22.6. The zero-order valence-electron chi connectivity index (χ0n) is 19.9. The lowest BCUT2D eigenvalue weighted by Gasteiger charge is -2.32. The van der Waals surface area contributed by atoms with Crippen molar-refractivity contribution in [3.8, 4) is 0 Å². The molecule has 2 aliphatic rings. The second kappa shape index (κ2) is 9.47. The summed E-state index contributed by atoms with van der Waals surface area (Å²) in [4.78, 5) is 29.0. The van der Waals surface area contributed by atoms with Crippen molar-refractivity contribution in [2.24, 2.45) is 18.9 Å². The second-order valence-electron chi connectivity index (χ2n) is 9.69. The van der Waals surface area contributed by atoms with Crippen LogP contribution < -0.4 is 0 Å². The zero-order chi connectivity index (χ0) is 22.8. The van der Waals surface area contributed by atoms with Crippen molar-refractivity contribution < 1.29 is 9.59 Å². The van der Waals surface area contributed by atoms with Crippen LogP contribution in [0.4, 0.5) is 0 Å². The minimum absolute atomic E-state index is 0.0580. The van der Waals surface area contributed by atoms with Crippen molar-refractivity contribution in [2.75, 3.05) is 26.7 Å². The van der Waals surface area contributed by atoms with E-state index in [9.17, 15) is 9.59 Å². The number of likely N-dealkylation sites (N-methyl/N-ethyl adjacent to an activating group) is 1. The molecule has 1 saturated heterocycles. The topological polar surface area (TPSA) is 58.4 Å². The van der Waals surface area contributed by atoms with Crippen LogP contribution in [-0.2, 0) is 24.7 Å². The smallest absolute Gasteiger partial charge is 0.253 e. The molecule has 1 aliphatic heterocycles. The molecule has 0 bridgehead atoms. The molecule has 4 rings (SSSR count). The number of hydrogen-bond donors (Lipinski definition) is 0. The molecule has 0 atom stereocenters. The lowest BCUT2D eigenvalue weighted by atomic mass is 9.89. The van der Waals surface area contributed by atoms with Crippen molar-refractivity contribution in [1.82, 2.24) is 19.6 Å². The second-order valence-corrected chi connectivity index (χ2v) is 9.69. The number of aromatic nitrogens is 2. The molecule has 172 valence electrons. The molecule has 0 N–H and O–H groups in total. The number of amides is 2. The van der Waals surface area contributed by atoms with Crippen LogP contribution in [0.3, 0.4) is 0 Å². The number of hydrogen-bond acceptors (Lipinski definition) is 3. The van der Waals surface area contributed by atoms with E-state index in [1.807, 2.05) is 37.8 Å². The van der Waals surface area contributed by atoms with E-state index in [1.165, 1.54) is 11.1 Å². The van der Waals surface area contributed by atoms with Gasteiger partial charge in [0.1, 0.15) is 0 Å². The lowest BCUT2D eigenvalue weighted by molar-refractivity contribution is -0.133. The predicted molar refractivity (Wildman–Crippen MR) is 126 cm³/mol. The first-order chi connectivity index (χ1) is 15.3. The fraction of sp³-hybridized carbons (Fsp3) is 0.577. The van der Waals surface area contributed by atoms with Crippen LogP contribution in [0.15, 0.2) is 24.3 Å². The Bertz CT molecular complexity index is 966. The number of piperidine rings is 1. The van der Waals surface area contributed by atoms with E-state index in [4.69, 9.17) is 0 Å². The van der Waals surface area contributed by atoms with Crippen molar-refractivity contribution >= 4 is 11.8 Å². The Kier molecular flexibility index (Phi) is 6.68. The Balaban J connectivity index is 1.26. The maximum atomic E-state index is 12.9. The SMILES string of the molecule is Cc1nn(C)c(C)c1CCN(C)C(=O)c1ccc(CC2CCN(C(=O)C3CC3)CC2)cc1. The van der Waals surface area contributed by atoms with Gasteiger partial charge in [-0.1, -0.05) is 12.1 Å². The van der Waals surface area contributed by atoms with Crippen LogP contribution in [0.5, 0.6) is 0 Å². The monoisotopic (exact) mass is 436 g/mol. The van der Waals surface area contributed by atoms with Gasteiger partial charge in [-0.15, -0.1) is 0 Å². The molecule has 6 heteroatoms. The summed E-state index contributed by atoms with van der Waals surface area (Å²) in [6.07, 6.45) is 6.16. The molecule has 32 heavy (non-hydrogen) atoms. The fourth-order valence-corrected chi connectivity index (χ4v) is 4.84. The van der Waals surface area contributed by atoms with E-state index in [1.54, 1.807) is 4.90 Å². The third-order valence-electron chi connectivity index (χ3n) is 7.28. The maximum Gasteiger partial charge on any atom is 0.253 e. The van der Waals surface area contributed by atoms with Gasteiger partial charge in [-0.05, 0) is 81.5 Å². The van der Waals surface area contributed by atoms with Crippen LogP contribution in [0.1, 0.15) is 58.6 Å². The van der Waals surface area contributed by atoms with Gasteiger partial charge >= 0.3 is 0 Å². The van der Waals surface area contributed by atoms with Gasteiger partial charge in [0.25, 0.3) is 5.91 Å². The first-order valence-corrected chi connectivity index (χ1v) is 12.0. The molecule has 0 unspecified atom stereocenters. The van der Waals surface area contributed by atoms with E-state index in [0.29, 0.717) is 24.3 Å². The number of carbonyl (C=O) groups is 2. The summed E-state index contributed by atoms with van der Waals surface area (Å²) in [5, 5.41) is 4.47. The first-order valence-electron chi connectivity index (χ1n) is 12.0. The Morgan fingerprint density at radius 2 is 1.72 bits per heavy atom. The number of rotatable bonds is 7. The Morgan fingerprint density at radius 3 is 2.28 bits per heavy atom. The summed E-state index contributed by atoms with van der Waals surface area (Å²) in [7, 11) is 3.83. The maximum absolute atomic E-state index is 12.9. The van der Waals surface area contributed by atoms with Gasteiger partial charge in [-0.3, -0.25) is 14.3 Å². The van der Waals surface area contributed by atoms with Crippen LogP contribution in [-0.4, -0.2) is 58.1 Å². The number of aryl methyl sites for hydroxylation is 2. The summed E-state index contributed by atoms with van der Waals surface area (Å²) in [6, 6.07) is 8.11. The van der Waals surface area contributed by atoms with Gasteiger partial charge < -0.3 is 9.80 Å². The highest BCUT2D eigenvalue weighted by Gasteiger charge is 2.34. The van der Waals surface area contributed by atoms with E-state index < -0.39 is 0 Å². The Morgan fingerprint density at radius 1 is 1.06 bits per heavy atom. The Labute approximate surface area is 191 Å². The van der Waals surface area contributed by atoms with Gasteiger partial charge in [0.05, 0.1) is 5.69 Å². The largest absolute Gasteiger partial charge is 0.342 e. The number of likely N-dealkylation sites (tertiary alicyclic amines) is 1. The highest BCUT2D eigenvalue weighted by Crippen LogP contribution is 2.33. The van der Waals surface area contributed by atoms with Gasteiger partial charge in [-0.25, -0.2) is 0 Å². The molecule has 6 nitrogen and oxygen atoms in total. The highest BCUT2D eigenvalue weighted by atomic mass is 16.2. The summed E-state index contributed by atoms with van der Waals surface area (Å²) >= 11 is 0. The summed E-state index contributed by atoms with van der Waals surface area (Å²) < 4.78 is 1.90. The molecule has 2 amide bonds. The average molecular weight is 437 g/mol. The van der Waals surface area contributed by atoms with E-state index in [-0.39, 0.29) is 5.91 Å². The van der Waals surface area contributed by atoms with Crippen LogP contribution in [0, 0.1) is 25.7 Å². The molecule has 2 fully saturated rings. The minimum atomic E-state index is 0.0580. The fourth-order valence-electron chi connectivity index (χ4n) is 4.84. The van der Waals surface area contributed by atoms with Crippen molar-refractivity contribution in [3.63, 3.8) is 0 Å². The third kappa shape index (κ3) is 5.05. The summed E-state index contributed by atoms with van der Waals surface area (Å²) in [5.74, 6) is 1.38. The average Bonchev–Trinajstić information content (AvgIpc) is 3.61. The molecule has 2 heterocycles. The highest BCUT2D eigenvalue weighted by molar-refractivity contribution is 5.94. The van der Waals surface area contributed by atoms with Crippen molar-refractivity contribution in [3.05, 3.63) is 52.3 Å². The normalized spacial score (nSPS) is 16.9. The van der Waals surface area contributed by atoms with E-state index in [0.717, 1.165) is 68.6 Å². The van der Waals surface area contributed by atoms with Gasteiger partial charge in [0.2, 0.25) is 5.91 Å². The van der Waals surface area contributed by atoms with E-state index in [2.05, 4.69) is 29.1 Å². The number of benzene rings is 1. The van der Waals surface area contributed by atoms with Gasteiger partial charge in [0.15, 0.2) is 0 Å². The lowest BCUT2D eigenvalue weighted by Crippen LogP contribution is -2.39. The summed E-state index contributed by atoms with van der Waals surface area (Å²) in [6.45, 7) is 6.57. The Hall–Kier alpha value is -2.63. The molecular weight excluding hydrogens is 400 g/mol. The molecule has 1 saturated carbocycles. The molecule has 0 spiro atoms. The predicted octanol–water partition coefficient (Wildman–Crippen LogP) is 3.54. The van der Waals surface area contributed by atoms with Gasteiger partial charge in [0, 0.05) is 50.9 Å². The molecule has 2 aromatic rings. The number of carbonyl (C=O) groups excluding carboxylic acids is 2. The molecule has 1 aromatic carbocycles. The molecular formula is C26H36N4O2. The standard InChI is InChI=1S/C26H36N4O2/c1-18-24(19(2)29(4)27-18)13-14-28(3)25(31)22-7-5-20(6-8-22)17-21-11-15-30(16-12-21)26(32)23-9-10-23/h5-8,21,23H,9-17H2,1-4H3. The zero-order valence-corrected chi connectivity index (χ0v) is 19.9. The van der Waals surface area contributed by atoms with Crippen molar-refractivity contribution in [2.45, 2.75) is 52.4 Å². The molecule has 1 aliphatic carbocycles. The van der Waals surface area contributed by atoms with Crippen LogP contribution >= 0.6 is 0 Å². The molecule has 0 radical (unpaired) electrons. The molecule has 1 aromatic heterocycles. The van der Waals surface area contributed by atoms with Crippen LogP contribution in [0.25, 0.3) is 0 Å². The van der Waals surface area contributed by atoms with Crippen LogP contribution in [0.2, 0.25) is 0 Å². The number of nitrogens with zero attached hydrogens (tertiary/aromatic N) is 4. The van der Waals surface area contributed by atoms with E-state index >= 15 is 0 Å².